The molecule has 3 rings (SSSR count). The van der Waals surface area contributed by atoms with Gasteiger partial charge in [-0.25, -0.2) is 4.79 Å². The van der Waals surface area contributed by atoms with E-state index in [0.717, 1.165) is 36.6 Å². The second kappa shape index (κ2) is 7.17. The van der Waals surface area contributed by atoms with Crippen molar-refractivity contribution in [2.45, 2.75) is 32.8 Å². The Kier molecular flexibility index (Phi) is 4.97. The van der Waals surface area contributed by atoms with Crippen molar-refractivity contribution >= 4 is 11.9 Å². The molecular weight excluding hydrogens is 316 g/mol. The van der Waals surface area contributed by atoms with E-state index in [1.165, 1.54) is 0 Å². The van der Waals surface area contributed by atoms with Crippen LogP contribution >= 0.6 is 0 Å². The predicted molar refractivity (Wildman–Crippen MR) is 98.7 cm³/mol. The molecule has 2 heterocycles. The minimum absolute atomic E-state index is 0.235. The van der Waals surface area contributed by atoms with E-state index in [-0.39, 0.29) is 6.09 Å². The number of nitrogens with one attached hydrogen (secondary N) is 1. The van der Waals surface area contributed by atoms with E-state index in [2.05, 4.69) is 33.3 Å². The molecule has 0 aliphatic carbocycles. The van der Waals surface area contributed by atoms with Crippen LogP contribution < -0.4 is 4.90 Å². The second-order valence-corrected chi connectivity index (χ2v) is 7.31. The summed E-state index contributed by atoms with van der Waals surface area (Å²) in [6.07, 6.45) is 0.661. The number of hydrogen-bond acceptors (Lipinski definition) is 4. The maximum absolute atomic E-state index is 12.3. The average molecular weight is 342 g/mol. The van der Waals surface area contributed by atoms with Gasteiger partial charge in [0, 0.05) is 32.2 Å². The zero-order valence-corrected chi connectivity index (χ0v) is 15.2. The Morgan fingerprint density at radius 1 is 1.12 bits per heavy atom. The smallest absolute Gasteiger partial charge is 0.410 e. The van der Waals surface area contributed by atoms with Crippen LogP contribution in [0.25, 0.3) is 11.3 Å². The van der Waals surface area contributed by atoms with E-state index in [1.54, 1.807) is 4.90 Å². The maximum atomic E-state index is 12.3. The first-order valence-corrected chi connectivity index (χ1v) is 8.76. The van der Waals surface area contributed by atoms with Crippen molar-refractivity contribution in [2.24, 2.45) is 0 Å². The lowest BCUT2D eigenvalue weighted by Gasteiger charge is -2.26. The molecule has 0 atom stereocenters. The highest BCUT2D eigenvalue weighted by Crippen LogP contribution is 2.22. The maximum Gasteiger partial charge on any atom is 0.410 e. The van der Waals surface area contributed by atoms with Gasteiger partial charge in [0.1, 0.15) is 5.60 Å². The third-order valence-corrected chi connectivity index (χ3v) is 4.12. The summed E-state index contributed by atoms with van der Waals surface area (Å²) in [5.74, 6) is 0.921. The highest BCUT2D eigenvalue weighted by molar-refractivity contribution is 5.68. The van der Waals surface area contributed by atoms with Gasteiger partial charge in [-0.3, -0.25) is 5.10 Å². The van der Waals surface area contributed by atoms with Gasteiger partial charge in [-0.05, 0) is 32.8 Å². The van der Waals surface area contributed by atoms with Gasteiger partial charge in [-0.2, -0.15) is 5.10 Å². The second-order valence-electron chi connectivity index (χ2n) is 7.31. The number of rotatable bonds is 2. The Morgan fingerprint density at radius 3 is 2.60 bits per heavy atom. The summed E-state index contributed by atoms with van der Waals surface area (Å²) in [5.41, 5.74) is 1.66. The van der Waals surface area contributed by atoms with Gasteiger partial charge in [0.2, 0.25) is 0 Å². The molecule has 134 valence electrons. The van der Waals surface area contributed by atoms with Crippen molar-refractivity contribution in [1.29, 1.82) is 0 Å². The van der Waals surface area contributed by atoms with Crippen LogP contribution in [-0.2, 0) is 4.74 Å². The zero-order valence-electron chi connectivity index (χ0n) is 15.2. The quantitative estimate of drug-likeness (QED) is 0.907. The summed E-state index contributed by atoms with van der Waals surface area (Å²) in [4.78, 5) is 16.3. The molecule has 2 aromatic rings. The fourth-order valence-corrected chi connectivity index (χ4v) is 2.89. The van der Waals surface area contributed by atoms with E-state index >= 15 is 0 Å². The van der Waals surface area contributed by atoms with Gasteiger partial charge in [-0.1, -0.05) is 30.3 Å². The Bertz CT molecular complexity index is 706. The van der Waals surface area contributed by atoms with E-state index in [4.69, 9.17) is 4.74 Å². The lowest BCUT2D eigenvalue weighted by Crippen LogP contribution is -2.39. The summed E-state index contributed by atoms with van der Waals surface area (Å²) >= 11 is 0. The highest BCUT2D eigenvalue weighted by atomic mass is 16.6. The lowest BCUT2D eigenvalue weighted by atomic mass is 10.1. The van der Waals surface area contributed by atoms with E-state index in [0.29, 0.717) is 13.1 Å². The molecule has 0 saturated carbocycles. The first-order valence-electron chi connectivity index (χ1n) is 8.76. The molecule has 1 fully saturated rings. The molecule has 25 heavy (non-hydrogen) atoms. The van der Waals surface area contributed by atoms with Crippen LogP contribution in [0.5, 0.6) is 0 Å². The molecular formula is C19H26N4O2. The largest absolute Gasteiger partial charge is 0.444 e. The zero-order chi connectivity index (χ0) is 17.9. The first kappa shape index (κ1) is 17.3. The van der Waals surface area contributed by atoms with Gasteiger partial charge in [-0.15, -0.1) is 0 Å². The number of amides is 1. The van der Waals surface area contributed by atoms with Crippen LogP contribution in [0.15, 0.2) is 36.4 Å². The molecule has 6 nitrogen and oxygen atoms in total. The van der Waals surface area contributed by atoms with Crippen molar-refractivity contribution in [3.05, 3.63) is 36.4 Å². The van der Waals surface area contributed by atoms with Crippen LogP contribution in [0.1, 0.15) is 27.2 Å². The fraction of sp³-hybridized carbons (Fsp3) is 0.474. The number of aromatic amines is 1. The lowest BCUT2D eigenvalue weighted by molar-refractivity contribution is 0.0263. The van der Waals surface area contributed by atoms with E-state index < -0.39 is 5.60 Å². The van der Waals surface area contributed by atoms with Gasteiger partial charge in [0.25, 0.3) is 0 Å². The van der Waals surface area contributed by atoms with Crippen LogP contribution in [0, 0.1) is 0 Å². The number of aromatic nitrogens is 2. The minimum Gasteiger partial charge on any atom is -0.444 e. The molecule has 0 radical (unpaired) electrons. The molecule has 0 spiro atoms. The Morgan fingerprint density at radius 2 is 1.88 bits per heavy atom. The van der Waals surface area contributed by atoms with Crippen molar-refractivity contribution in [3.8, 4) is 11.3 Å². The normalized spacial score (nSPS) is 15.8. The Balaban J connectivity index is 1.64. The van der Waals surface area contributed by atoms with E-state index in [9.17, 15) is 4.79 Å². The topological polar surface area (TPSA) is 61.5 Å². The predicted octanol–water partition coefficient (Wildman–Crippen LogP) is 3.52. The number of nitrogens with zero attached hydrogens (tertiary/aromatic N) is 3. The molecule has 1 aromatic carbocycles. The van der Waals surface area contributed by atoms with Crippen LogP contribution in [-0.4, -0.2) is 53.0 Å². The van der Waals surface area contributed by atoms with Crippen molar-refractivity contribution < 1.29 is 9.53 Å². The van der Waals surface area contributed by atoms with Gasteiger partial charge >= 0.3 is 6.09 Å². The van der Waals surface area contributed by atoms with Crippen LogP contribution in [0.2, 0.25) is 0 Å². The van der Waals surface area contributed by atoms with Gasteiger partial charge in [0.15, 0.2) is 5.82 Å². The number of carbonyl (C=O) groups is 1. The Hall–Kier alpha value is -2.50. The summed E-state index contributed by atoms with van der Waals surface area (Å²) < 4.78 is 5.48. The molecule has 1 amide bonds. The standard InChI is InChI=1S/C19H26N4O2/c1-19(2,3)25-18(24)23-11-7-10-22(12-13-23)17-14-16(20-21-17)15-8-5-4-6-9-15/h4-6,8-9,14H,7,10-13H2,1-3H3,(H,20,21). The molecule has 1 aliphatic rings. The molecule has 1 N–H and O–H groups in total. The number of hydrogen-bond donors (Lipinski definition) is 1. The summed E-state index contributed by atoms with van der Waals surface area (Å²) in [6, 6.07) is 12.2. The third kappa shape index (κ3) is 4.53. The van der Waals surface area contributed by atoms with Crippen molar-refractivity contribution in [3.63, 3.8) is 0 Å². The Labute approximate surface area is 148 Å². The number of carbonyl (C=O) groups excluding carboxylic acids is 1. The highest BCUT2D eigenvalue weighted by Gasteiger charge is 2.25. The molecule has 0 unspecified atom stereocenters. The first-order chi connectivity index (χ1) is 11.9. The van der Waals surface area contributed by atoms with Gasteiger partial charge in [0.05, 0.1) is 5.69 Å². The van der Waals surface area contributed by atoms with Crippen LogP contribution in [0.4, 0.5) is 10.6 Å². The van der Waals surface area contributed by atoms with Crippen LogP contribution in [0.3, 0.4) is 0 Å². The molecule has 0 bridgehead atoms. The van der Waals surface area contributed by atoms with Crippen molar-refractivity contribution in [1.82, 2.24) is 15.1 Å². The summed E-state index contributed by atoms with van der Waals surface area (Å²) in [6.45, 7) is 8.65. The molecule has 1 saturated heterocycles. The average Bonchev–Trinajstić information content (AvgIpc) is 2.92. The third-order valence-electron chi connectivity index (χ3n) is 4.12. The number of anilines is 1. The van der Waals surface area contributed by atoms with Crippen molar-refractivity contribution in [2.75, 3.05) is 31.1 Å². The minimum atomic E-state index is -0.462. The van der Waals surface area contributed by atoms with E-state index in [1.807, 2.05) is 39.0 Å². The molecule has 1 aromatic heterocycles. The monoisotopic (exact) mass is 342 g/mol. The number of H-pyrrole nitrogens is 1. The molecule has 1 aliphatic heterocycles. The number of ether oxygens (including phenoxy) is 1. The SMILES string of the molecule is CC(C)(C)OC(=O)N1CCCN(c2cc(-c3ccccc3)[nH]n2)CC1. The fourth-order valence-electron chi connectivity index (χ4n) is 2.89. The summed E-state index contributed by atoms with van der Waals surface area (Å²) in [7, 11) is 0. The molecule has 6 heteroatoms. The summed E-state index contributed by atoms with van der Waals surface area (Å²) in [5, 5.41) is 7.56. The van der Waals surface area contributed by atoms with Gasteiger partial charge < -0.3 is 14.5 Å². The number of benzene rings is 1.